The van der Waals surface area contributed by atoms with Gasteiger partial charge >= 0.3 is 0 Å². The smallest absolute Gasteiger partial charge is 0.115 e. The molecule has 3 nitrogen and oxygen atoms in total. The van der Waals surface area contributed by atoms with E-state index in [1.807, 2.05) is 0 Å². The number of thiazole rings is 1. The van der Waals surface area contributed by atoms with Gasteiger partial charge in [-0.05, 0) is 32.6 Å². The van der Waals surface area contributed by atoms with Crippen LogP contribution in [0.1, 0.15) is 57.2 Å². The van der Waals surface area contributed by atoms with Crippen molar-refractivity contribution in [3.63, 3.8) is 0 Å². The molecule has 0 saturated heterocycles. The Hall–Kier alpha value is -0.450. The van der Waals surface area contributed by atoms with E-state index < -0.39 is 0 Å². The zero-order valence-corrected chi connectivity index (χ0v) is 12.8. The number of hydrogen-bond donors (Lipinski definition) is 1. The first-order valence-electron chi connectivity index (χ1n) is 6.73. The van der Waals surface area contributed by atoms with Crippen LogP contribution in [0.15, 0.2) is 5.38 Å². The third-order valence-corrected chi connectivity index (χ3v) is 4.90. The highest BCUT2D eigenvalue weighted by Crippen LogP contribution is 2.34. The highest BCUT2D eigenvalue weighted by atomic mass is 32.1. The van der Waals surface area contributed by atoms with Gasteiger partial charge < -0.3 is 10.1 Å². The fraction of sp³-hybridized carbons (Fsp3) is 0.786. The summed E-state index contributed by atoms with van der Waals surface area (Å²) in [5.74, 6) is 0.484. The number of hydrogen-bond acceptors (Lipinski definition) is 4. The molecule has 0 aromatic carbocycles. The van der Waals surface area contributed by atoms with Crippen LogP contribution in [0, 0.1) is 0 Å². The predicted octanol–water partition coefficient (Wildman–Crippen LogP) is 3.27. The second kappa shape index (κ2) is 5.27. The largest absolute Gasteiger partial charge is 0.379 e. The molecule has 1 aliphatic rings. The molecule has 4 heteroatoms. The molecule has 1 heterocycles. The molecule has 102 valence electrons. The summed E-state index contributed by atoms with van der Waals surface area (Å²) in [6.45, 7) is 8.70. The van der Waals surface area contributed by atoms with Crippen LogP contribution in [-0.4, -0.2) is 24.2 Å². The molecular formula is C14H24N2OS. The van der Waals surface area contributed by atoms with Crippen molar-refractivity contribution in [2.24, 2.45) is 0 Å². The lowest BCUT2D eigenvalue weighted by Crippen LogP contribution is -2.49. The number of nitrogens with zero attached hydrogens (tertiary/aromatic N) is 1. The van der Waals surface area contributed by atoms with Crippen LogP contribution in [0.25, 0.3) is 0 Å². The van der Waals surface area contributed by atoms with Crippen LogP contribution in [-0.2, 0) is 10.3 Å². The molecule has 1 aromatic rings. The van der Waals surface area contributed by atoms with E-state index in [1.165, 1.54) is 18.5 Å². The Morgan fingerprint density at radius 2 is 2.11 bits per heavy atom. The van der Waals surface area contributed by atoms with E-state index in [9.17, 15) is 0 Å². The summed E-state index contributed by atoms with van der Waals surface area (Å²) in [5.41, 5.74) is 1.01. The Labute approximate surface area is 114 Å². The van der Waals surface area contributed by atoms with Crippen LogP contribution in [0.5, 0.6) is 0 Å². The van der Waals surface area contributed by atoms with Gasteiger partial charge in [-0.25, -0.2) is 4.98 Å². The summed E-state index contributed by atoms with van der Waals surface area (Å²) < 4.78 is 5.57. The van der Waals surface area contributed by atoms with Crippen molar-refractivity contribution >= 4 is 11.3 Å². The molecule has 1 fully saturated rings. The van der Waals surface area contributed by atoms with Crippen molar-refractivity contribution in [3.8, 4) is 0 Å². The summed E-state index contributed by atoms with van der Waals surface area (Å²) >= 11 is 1.74. The van der Waals surface area contributed by atoms with Gasteiger partial charge in [-0.1, -0.05) is 13.8 Å². The molecule has 1 aliphatic carbocycles. The zero-order valence-electron chi connectivity index (χ0n) is 12.0. The normalized spacial score (nSPS) is 21.0. The molecule has 0 bridgehead atoms. The van der Waals surface area contributed by atoms with E-state index in [1.54, 1.807) is 18.4 Å². The Kier molecular flexibility index (Phi) is 4.09. The summed E-state index contributed by atoms with van der Waals surface area (Å²) in [6.07, 6.45) is 2.66. The average molecular weight is 268 g/mol. The fourth-order valence-corrected chi connectivity index (χ4v) is 3.22. The molecule has 18 heavy (non-hydrogen) atoms. The van der Waals surface area contributed by atoms with E-state index in [0.717, 1.165) is 5.01 Å². The summed E-state index contributed by atoms with van der Waals surface area (Å²) in [6, 6.07) is 0.638. The Balaban J connectivity index is 2.25. The SMILES string of the molecule is COC(C)C(C)(NC1CC1)c1nc(C(C)C)cs1. The third-order valence-electron chi connectivity index (χ3n) is 3.81. The van der Waals surface area contributed by atoms with Crippen molar-refractivity contribution in [2.75, 3.05) is 7.11 Å². The topological polar surface area (TPSA) is 34.1 Å². The molecule has 2 unspecified atom stereocenters. The van der Waals surface area contributed by atoms with Crippen LogP contribution >= 0.6 is 11.3 Å². The highest BCUT2D eigenvalue weighted by Gasteiger charge is 2.40. The first-order chi connectivity index (χ1) is 8.47. The lowest BCUT2D eigenvalue weighted by Gasteiger charge is -2.34. The van der Waals surface area contributed by atoms with E-state index in [0.29, 0.717) is 12.0 Å². The molecule has 0 amide bonds. The van der Waals surface area contributed by atoms with Crippen LogP contribution in [0.4, 0.5) is 0 Å². The van der Waals surface area contributed by atoms with Gasteiger partial charge in [-0.15, -0.1) is 11.3 Å². The minimum Gasteiger partial charge on any atom is -0.379 e. The number of ether oxygens (including phenoxy) is 1. The average Bonchev–Trinajstić information content (AvgIpc) is 2.99. The maximum absolute atomic E-state index is 5.57. The lowest BCUT2D eigenvalue weighted by molar-refractivity contribution is 0.0349. The van der Waals surface area contributed by atoms with Crippen LogP contribution in [0.2, 0.25) is 0 Å². The summed E-state index contributed by atoms with van der Waals surface area (Å²) in [7, 11) is 1.77. The molecule has 0 radical (unpaired) electrons. The maximum atomic E-state index is 5.57. The molecule has 2 atom stereocenters. The lowest BCUT2D eigenvalue weighted by atomic mass is 9.96. The maximum Gasteiger partial charge on any atom is 0.115 e. The van der Waals surface area contributed by atoms with Crippen molar-refractivity contribution in [2.45, 2.75) is 64.1 Å². The minimum absolute atomic E-state index is 0.115. The Morgan fingerprint density at radius 3 is 2.56 bits per heavy atom. The molecule has 0 aliphatic heterocycles. The van der Waals surface area contributed by atoms with Gasteiger partial charge in [-0.3, -0.25) is 0 Å². The van der Waals surface area contributed by atoms with E-state index in [4.69, 9.17) is 9.72 Å². The zero-order chi connectivity index (χ0) is 13.3. The van der Waals surface area contributed by atoms with Gasteiger partial charge in [0, 0.05) is 18.5 Å². The number of rotatable bonds is 6. The standard InChI is InChI=1S/C14H24N2OS/c1-9(2)12-8-18-13(15-12)14(4,10(3)17-5)16-11-6-7-11/h8-11,16H,6-7H2,1-5H3. The summed E-state index contributed by atoms with van der Waals surface area (Å²) in [4.78, 5) is 4.81. The predicted molar refractivity (Wildman–Crippen MR) is 76.2 cm³/mol. The first kappa shape index (κ1) is 14.0. The third kappa shape index (κ3) is 2.76. The summed E-state index contributed by atoms with van der Waals surface area (Å²) in [5, 5.41) is 7.03. The Morgan fingerprint density at radius 1 is 1.44 bits per heavy atom. The van der Waals surface area contributed by atoms with Crippen molar-refractivity contribution in [3.05, 3.63) is 16.1 Å². The molecule has 1 aromatic heterocycles. The first-order valence-corrected chi connectivity index (χ1v) is 7.61. The second-order valence-corrected chi connectivity index (χ2v) is 6.59. The highest BCUT2D eigenvalue weighted by molar-refractivity contribution is 7.09. The minimum atomic E-state index is -0.173. The van der Waals surface area contributed by atoms with Gasteiger partial charge in [0.15, 0.2) is 0 Å². The number of nitrogens with one attached hydrogen (secondary N) is 1. The van der Waals surface area contributed by atoms with Crippen LogP contribution < -0.4 is 5.32 Å². The van der Waals surface area contributed by atoms with Gasteiger partial charge in [0.2, 0.25) is 0 Å². The van der Waals surface area contributed by atoms with Crippen molar-refractivity contribution in [1.82, 2.24) is 10.3 Å². The monoisotopic (exact) mass is 268 g/mol. The van der Waals surface area contributed by atoms with Crippen molar-refractivity contribution in [1.29, 1.82) is 0 Å². The van der Waals surface area contributed by atoms with Crippen LogP contribution in [0.3, 0.4) is 0 Å². The van der Waals surface area contributed by atoms with E-state index in [-0.39, 0.29) is 11.6 Å². The van der Waals surface area contributed by atoms with E-state index >= 15 is 0 Å². The van der Waals surface area contributed by atoms with Crippen molar-refractivity contribution < 1.29 is 4.74 Å². The molecule has 0 spiro atoms. The molecule has 1 N–H and O–H groups in total. The van der Waals surface area contributed by atoms with Gasteiger partial charge in [0.1, 0.15) is 5.01 Å². The molecular weight excluding hydrogens is 244 g/mol. The second-order valence-electron chi connectivity index (χ2n) is 5.73. The molecule has 1 saturated carbocycles. The number of methoxy groups -OCH3 is 1. The molecule has 2 rings (SSSR count). The van der Waals surface area contributed by atoms with Gasteiger partial charge in [-0.2, -0.15) is 0 Å². The number of aromatic nitrogens is 1. The van der Waals surface area contributed by atoms with E-state index in [2.05, 4.69) is 38.4 Å². The Bertz CT molecular complexity index is 400. The van der Waals surface area contributed by atoms with Gasteiger partial charge in [0.05, 0.1) is 17.3 Å². The fourth-order valence-electron chi connectivity index (χ4n) is 2.03. The van der Waals surface area contributed by atoms with Gasteiger partial charge in [0.25, 0.3) is 0 Å². The quantitative estimate of drug-likeness (QED) is 0.860.